The van der Waals surface area contributed by atoms with Gasteiger partial charge in [-0.25, -0.2) is 0 Å². The number of benzene rings is 21. The lowest BCUT2D eigenvalue weighted by Crippen LogP contribution is -2.12. The van der Waals surface area contributed by atoms with Gasteiger partial charge in [-0.2, -0.15) is 0 Å². The number of rotatable bonds is 9. The summed E-state index contributed by atoms with van der Waals surface area (Å²) in [4.78, 5) is 6.94. The minimum Gasteiger partial charge on any atom is -0.454 e. The van der Waals surface area contributed by atoms with Crippen LogP contribution >= 0.6 is 0 Å². The van der Waals surface area contributed by atoms with Gasteiger partial charge in [0.1, 0.15) is 33.5 Å². The summed E-state index contributed by atoms with van der Waals surface area (Å²) in [6, 6.07) is 147. The summed E-state index contributed by atoms with van der Waals surface area (Å²) in [6.07, 6.45) is 0. The summed E-state index contributed by atoms with van der Waals surface area (Å²) >= 11 is 0. The van der Waals surface area contributed by atoms with Crippen molar-refractivity contribution in [2.45, 2.75) is 0 Å². The number of nitrogens with zero attached hydrogens (tertiary/aromatic N) is 3. The zero-order valence-electron chi connectivity index (χ0n) is 66.1. The predicted octanol–water partition coefficient (Wildman–Crippen LogP) is 33.8. The van der Waals surface area contributed by atoms with Crippen LogP contribution in [-0.4, -0.2) is 0 Å². The van der Waals surface area contributed by atoms with Crippen molar-refractivity contribution in [3.63, 3.8) is 0 Å². The van der Waals surface area contributed by atoms with Crippen LogP contribution in [0.3, 0.4) is 0 Å². The topological polar surface area (TPSA) is 88.6 Å². The molecule has 0 aliphatic carbocycles. The fraction of sp³-hybridized carbons (Fsp3) is 0. The lowest BCUT2D eigenvalue weighted by atomic mass is 9.98. The van der Waals surface area contributed by atoms with Gasteiger partial charge in [0.25, 0.3) is 0 Å². The van der Waals surface area contributed by atoms with Gasteiger partial charge in [0.15, 0.2) is 33.5 Å². The van der Waals surface area contributed by atoms with E-state index < -0.39 is 0 Å². The maximum atomic E-state index is 6.63. The summed E-state index contributed by atoms with van der Waals surface area (Å²) in [5, 5.41) is 27.5. The van der Waals surface area contributed by atoms with Crippen molar-refractivity contribution in [1.29, 1.82) is 0 Å². The van der Waals surface area contributed by atoms with Gasteiger partial charge in [-0.1, -0.05) is 297 Å². The number of para-hydroxylation sites is 12. The lowest BCUT2D eigenvalue weighted by Gasteiger charge is -2.28. The van der Waals surface area contributed by atoms with Crippen LogP contribution in [0.1, 0.15) is 0 Å². The van der Waals surface area contributed by atoms with E-state index in [1.54, 1.807) is 0 Å². The highest BCUT2D eigenvalue weighted by atomic mass is 16.4. The Morgan fingerprint density at radius 1 is 0.130 bits per heavy atom. The molecular formula is C114H69N3O6. The van der Waals surface area contributed by atoms with E-state index in [1.807, 2.05) is 72.8 Å². The van der Waals surface area contributed by atoms with Gasteiger partial charge in [-0.05, 0) is 170 Å². The quantitative estimate of drug-likeness (QED) is 0.131. The lowest BCUT2D eigenvalue weighted by molar-refractivity contribution is 0.665. The number of hydrogen-bond acceptors (Lipinski definition) is 9. The molecule has 0 aliphatic rings. The molecule has 27 aromatic rings. The van der Waals surface area contributed by atoms with Crippen molar-refractivity contribution < 1.29 is 26.5 Å². The average Bonchev–Trinajstić information content (AvgIpc) is 1.68. The second-order valence-corrected chi connectivity index (χ2v) is 31.6. The van der Waals surface area contributed by atoms with Gasteiger partial charge in [-0.3, -0.25) is 0 Å². The first-order valence-electron chi connectivity index (χ1n) is 41.6. The Labute approximate surface area is 702 Å². The molecule has 9 nitrogen and oxygen atoms in total. The Balaban J connectivity index is 0.000000101. The number of furan rings is 6. The SMILES string of the molecule is c1ccc2c(N(c3cccc4c3oc3ccccc34)c3cccc4c3oc3ccccc34)c3ccccc3cc2c1.c1ccc2cc3c(N(c4cccc5c4oc4ccccc45)c4cccc5c4oc4ccccc45)cccc3cc2c1.c1ccc2cc3cc(N(c4cccc5c4oc4ccccc45)c4cccc5c4oc4ccccc45)ccc3cc2c1. The van der Waals surface area contributed by atoms with Crippen LogP contribution in [0.25, 0.3) is 196 Å². The van der Waals surface area contributed by atoms with Crippen LogP contribution in [0.4, 0.5) is 51.2 Å². The molecule has 123 heavy (non-hydrogen) atoms. The van der Waals surface area contributed by atoms with Crippen molar-refractivity contribution >= 4 is 247 Å². The number of fused-ring (bicyclic) bond motifs is 24. The van der Waals surface area contributed by atoms with Crippen LogP contribution in [0.2, 0.25) is 0 Å². The maximum Gasteiger partial charge on any atom is 0.159 e. The molecule has 0 N–H and O–H groups in total. The average molecular weight is 1580 g/mol. The first-order valence-corrected chi connectivity index (χ1v) is 41.6. The number of anilines is 9. The van der Waals surface area contributed by atoms with Gasteiger partial charge in [-0.15, -0.1) is 0 Å². The van der Waals surface area contributed by atoms with E-state index in [4.69, 9.17) is 26.5 Å². The fourth-order valence-electron chi connectivity index (χ4n) is 19.1. The molecule has 9 heteroatoms. The zero-order valence-corrected chi connectivity index (χ0v) is 66.1. The molecule has 27 rings (SSSR count). The van der Waals surface area contributed by atoms with E-state index in [1.165, 1.54) is 48.5 Å². The van der Waals surface area contributed by atoms with E-state index in [9.17, 15) is 0 Å². The van der Waals surface area contributed by atoms with Gasteiger partial charge >= 0.3 is 0 Å². The standard InChI is InChI=1S/3C38H23NO2/c1-3-13-26-24(11-1)23-25-12-2-4-14-27(25)36(26)39(32-19-9-17-30-28-15-5-7-21-34(28)40-37(30)32)33-20-10-18-31-29-16-6-8-22-35(29)41-38(31)33;1-2-11-25-23-31-26(22-24(25)10-1)12-7-17-32(31)39(33-18-8-15-29-27-13-3-5-20-35(27)40-37(29)33)34-19-9-16-30-28-14-4-6-21-36(28)41-38(30)34;1-2-10-25-22-27-23-28(20-19-26(27)21-24(25)9-1)39(33-15-7-13-31-29-11-3-5-17-35(29)40-37(31)33)34-16-8-14-32-30-12-4-6-18-36(30)41-38(32)34/h3*1-23H. The molecule has 6 heterocycles. The van der Waals surface area contributed by atoms with Crippen LogP contribution in [-0.2, 0) is 0 Å². The van der Waals surface area contributed by atoms with Crippen molar-refractivity contribution in [3.8, 4) is 0 Å². The Hall–Kier alpha value is -16.6. The third kappa shape index (κ3) is 11.3. The zero-order chi connectivity index (χ0) is 80.7. The van der Waals surface area contributed by atoms with Crippen LogP contribution in [0.15, 0.2) is 445 Å². The first-order chi connectivity index (χ1) is 61.0. The molecule has 0 atom stereocenters. The third-order valence-corrected chi connectivity index (χ3v) is 24.6. The van der Waals surface area contributed by atoms with Gasteiger partial charge in [0.2, 0.25) is 0 Å². The number of hydrogen-bond donors (Lipinski definition) is 0. The highest BCUT2D eigenvalue weighted by molar-refractivity contribution is 6.23. The molecular weight excluding hydrogens is 1510 g/mol. The molecule has 6 aromatic heterocycles. The van der Waals surface area contributed by atoms with Gasteiger partial charge < -0.3 is 41.2 Å². The molecule has 0 aliphatic heterocycles. The van der Waals surface area contributed by atoms with E-state index in [-0.39, 0.29) is 0 Å². The fourth-order valence-corrected chi connectivity index (χ4v) is 19.1. The monoisotopic (exact) mass is 1580 g/mol. The van der Waals surface area contributed by atoms with Crippen molar-refractivity contribution in [2.24, 2.45) is 0 Å². The van der Waals surface area contributed by atoms with Crippen molar-refractivity contribution in [1.82, 2.24) is 0 Å². The predicted molar refractivity (Wildman–Crippen MR) is 512 cm³/mol. The molecule has 0 saturated carbocycles. The Bertz CT molecular complexity index is 8550. The summed E-state index contributed by atoms with van der Waals surface area (Å²) in [6.45, 7) is 0. The minimum absolute atomic E-state index is 0.846. The molecule has 21 aromatic carbocycles. The largest absolute Gasteiger partial charge is 0.454 e. The van der Waals surface area contributed by atoms with E-state index in [0.717, 1.165) is 199 Å². The van der Waals surface area contributed by atoms with E-state index in [0.29, 0.717) is 0 Å². The van der Waals surface area contributed by atoms with Gasteiger partial charge in [0, 0.05) is 86.5 Å². The molecule has 0 unspecified atom stereocenters. The molecule has 0 fully saturated rings. The Kier molecular flexibility index (Phi) is 15.8. The normalized spacial score (nSPS) is 11.9. The van der Waals surface area contributed by atoms with Crippen molar-refractivity contribution in [3.05, 3.63) is 419 Å². The molecule has 0 saturated heterocycles. The smallest absolute Gasteiger partial charge is 0.159 e. The second-order valence-electron chi connectivity index (χ2n) is 31.6. The highest BCUT2D eigenvalue weighted by Gasteiger charge is 2.30. The summed E-state index contributed by atoms with van der Waals surface area (Å²) in [7, 11) is 0. The Morgan fingerprint density at radius 2 is 0.358 bits per heavy atom. The van der Waals surface area contributed by atoms with Crippen LogP contribution in [0.5, 0.6) is 0 Å². The molecule has 576 valence electrons. The van der Waals surface area contributed by atoms with Crippen LogP contribution < -0.4 is 14.7 Å². The summed E-state index contributed by atoms with van der Waals surface area (Å²) < 4.78 is 39.5. The first kappa shape index (κ1) is 69.5. The minimum atomic E-state index is 0.846. The molecule has 0 amide bonds. The summed E-state index contributed by atoms with van der Waals surface area (Å²) in [5.74, 6) is 0. The second kappa shape index (κ2) is 28.0. The summed E-state index contributed by atoms with van der Waals surface area (Å²) in [5.41, 5.74) is 19.3. The highest BCUT2D eigenvalue weighted by Crippen LogP contribution is 2.54. The third-order valence-electron chi connectivity index (χ3n) is 24.6. The maximum absolute atomic E-state index is 6.63. The molecule has 0 radical (unpaired) electrons. The van der Waals surface area contributed by atoms with Crippen LogP contribution in [0, 0.1) is 0 Å². The molecule has 0 spiro atoms. The van der Waals surface area contributed by atoms with E-state index >= 15 is 0 Å². The molecule has 0 bridgehead atoms. The van der Waals surface area contributed by atoms with Crippen molar-refractivity contribution in [2.75, 3.05) is 14.7 Å². The van der Waals surface area contributed by atoms with Gasteiger partial charge in [0.05, 0.1) is 45.5 Å². The Morgan fingerprint density at radius 3 is 0.715 bits per heavy atom. The van der Waals surface area contributed by atoms with E-state index in [2.05, 4.69) is 360 Å².